The fourth-order valence-corrected chi connectivity index (χ4v) is 2.15. The zero-order valence-electron chi connectivity index (χ0n) is 11.2. The van der Waals surface area contributed by atoms with E-state index in [0.717, 1.165) is 16.3 Å². The molecule has 0 radical (unpaired) electrons. The van der Waals surface area contributed by atoms with Crippen molar-refractivity contribution in [3.8, 4) is 5.75 Å². The van der Waals surface area contributed by atoms with Crippen molar-refractivity contribution in [2.45, 2.75) is 6.42 Å². The molecule has 2 N–H and O–H groups in total. The number of nitrogens with zero attached hydrogens (tertiary/aromatic N) is 1. The molecule has 2 aromatic rings. The number of phenolic OH excluding ortho intramolecular Hbond substituents is 1. The normalized spacial score (nSPS) is 10.2. The minimum atomic E-state index is -0.351. The summed E-state index contributed by atoms with van der Waals surface area (Å²) in [6, 6.07) is 14.0. The van der Waals surface area contributed by atoms with Crippen LogP contribution in [-0.4, -0.2) is 17.7 Å². The van der Waals surface area contributed by atoms with Crippen LogP contribution in [0.2, 0.25) is 5.02 Å². The minimum absolute atomic E-state index is 0.0355. The van der Waals surface area contributed by atoms with Crippen LogP contribution in [0.5, 0.6) is 5.75 Å². The van der Waals surface area contributed by atoms with E-state index in [0.29, 0.717) is 12.2 Å². The summed E-state index contributed by atoms with van der Waals surface area (Å²) in [5.74, 6) is -0.0355. The number of amides is 2. The van der Waals surface area contributed by atoms with Crippen LogP contribution in [0, 0.1) is 0 Å². The number of benzene rings is 2. The van der Waals surface area contributed by atoms with Crippen molar-refractivity contribution in [3.63, 3.8) is 0 Å². The van der Waals surface area contributed by atoms with Crippen molar-refractivity contribution in [3.05, 3.63) is 59.1 Å². The minimum Gasteiger partial charge on any atom is -0.506 e. The molecule has 0 aliphatic rings. The summed E-state index contributed by atoms with van der Waals surface area (Å²) in [5.41, 5.74) is 1.63. The molecule has 0 bridgehead atoms. The van der Waals surface area contributed by atoms with E-state index in [1.807, 2.05) is 30.3 Å². The van der Waals surface area contributed by atoms with Gasteiger partial charge in [0.25, 0.3) is 0 Å². The van der Waals surface area contributed by atoms with Crippen molar-refractivity contribution in [2.24, 2.45) is 0 Å². The fraction of sp³-hybridized carbons (Fsp3) is 0.133. The number of rotatable bonds is 4. The number of halogens is 1. The standard InChI is InChI=1S/C15H15ClN2O2S/c16-13-10-12(6-7-14(13)19)18(21)15(20)17-9-8-11-4-2-1-3-5-11/h1-7,10,19,21H,8-9H2,(H,17,20). The second kappa shape index (κ2) is 7.24. The first-order chi connectivity index (χ1) is 10.1. The van der Waals surface area contributed by atoms with Crippen LogP contribution in [0.25, 0.3) is 0 Å². The molecule has 0 saturated carbocycles. The van der Waals surface area contributed by atoms with Gasteiger partial charge in [-0.2, -0.15) is 0 Å². The number of phenols is 1. The Hall–Kier alpha value is -1.85. The van der Waals surface area contributed by atoms with Gasteiger partial charge >= 0.3 is 6.03 Å². The number of carbonyl (C=O) groups excluding carboxylic acids is 1. The Morgan fingerprint density at radius 1 is 1.24 bits per heavy atom. The second-order valence-electron chi connectivity index (χ2n) is 4.42. The number of urea groups is 1. The van der Waals surface area contributed by atoms with Crippen LogP contribution in [0.3, 0.4) is 0 Å². The number of hydrogen-bond donors (Lipinski definition) is 3. The van der Waals surface area contributed by atoms with Gasteiger partial charge in [-0.05, 0) is 30.2 Å². The quantitative estimate of drug-likeness (QED) is 0.753. The van der Waals surface area contributed by atoms with Crippen molar-refractivity contribution in [2.75, 3.05) is 10.8 Å². The first-order valence-corrected chi connectivity index (χ1v) is 7.15. The van der Waals surface area contributed by atoms with Crippen LogP contribution in [-0.2, 0) is 6.42 Å². The van der Waals surface area contributed by atoms with E-state index < -0.39 is 0 Å². The molecule has 2 rings (SSSR count). The van der Waals surface area contributed by atoms with Gasteiger partial charge in [0.1, 0.15) is 5.75 Å². The van der Waals surface area contributed by atoms with Crippen molar-refractivity contribution >= 4 is 36.1 Å². The molecule has 0 spiro atoms. The third-order valence-electron chi connectivity index (χ3n) is 2.90. The van der Waals surface area contributed by atoms with Crippen LogP contribution >= 0.6 is 24.4 Å². The highest BCUT2D eigenvalue weighted by Gasteiger charge is 2.12. The van der Waals surface area contributed by atoms with E-state index in [1.54, 1.807) is 6.07 Å². The zero-order chi connectivity index (χ0) is 15.2. The first kappa shape index (κ1) is 15.5. The maximum Gasteiger partial charge on any atom is 0.331 e. The molecule has 21 heavy (non-hydrogen) atoms. The highest BCUT2D eigenvalue weighted by molar-refractivity contribution is 7.82. The number of anilines is 1. The molecule has 4 nitrogen and oxygen atoms in total. The summed E-state index contributed by atoms with van der Waals surface area (Å²) in [7, 11) is 0. The molecule has 2 aromatic carbocycles. The van der Waals surface area contributed by atoms with Crippen molar-refractivity contribution < 1.29 is 9.90 Å². The summed E-state index contributed by atoms with van der Waals surface area (Å²) in [5, 5.41) is 12.3. The highest BCUT2D eigenvalue weighted by Crippen LogP contribution is 2.28. The summed E-state index contributed by atoms with van der Waals surface area (Å²) in [6.07, 6.45) is 0.741. The average Bonchev–Trinajstić information content (AvgIpc) is 2.50. The smallest absolute Gasteiger partial charge is 0.331 e. The molecule has 0 fully saturated rings. The Balaban J connectivity index is 1.89. The highest BCUT2D eigenvalue weighted by atomic mass is 35.5. The van der Waals surface area contributed by atoms with Crippen LogP contribution in [0.4, 0.5) is 10.5 Å². The first-order valence-electron chi connectivity index (χ1n) is 6.37. The molecule has 0 aliphatic heterocycles. The SMILES string of the molecule is O=C(NCCc1ccccc1)N(S)c1ccc(O)c(Cl)c1. The Labute approximate surface area is 133 Å². The van der Waals surface area contributed by atoms with Gasteiger partial charge in [0.15, 0.2) is 0 Å². The molecule has 0 atom stereocenters. The Bertz CT molecular complexity index is 622. The molecular formula is C15H15ClN2O2S. The van der Waals surface area contributed by atoms with Gasteiger partial charge in [-0.15, -0.1) is 0 Å². The van der Waals surface area contributed by atoms with Crippen LogP contribution in [0.15, 0.2) is 48.5 Å². The largest absolute Gasteiger partial charge is 0.506 e. The predicted molar refractivity (Wildman–Crippen MR) is 88.1 cm³/mol. The number of aromatic hydroxyl groups is 1. The number of nitrogens with one attached hydrogen (secondary N) is 1. The summed E-state index contributed by atoms with van der Waals surface area (Å²) >= 11 is 9.94. The van der Waals surface area contributed by atoms with Gasteiger partial charge in [0.2, 0.25) is 0 Å². The number of carbonyl (C=O) groups is 1. The van der Waals surface area contributed by atoms with E-state index >= 15 is 0 Å². The fourth-order valence-electron chi connectivity index (χ4n) is 1.78. The number of hydrogen-bond acceptors (Lipinski definition) is 3. The summed E-state index contributed by atoms with van der Waals surface area (Å²) in [6.45, 7) is 0.506. The van der Waals surface area contributed by atoms with E-state index in [2.05, 4.69) is 18.1 Å². The summed E-state index contributed by atoms with van der Waals surface area (Å²) in [4.78, 5) is 12.0. The maximum atomic E-state index is 12.0. The second-order valence-corrected chi connectivity index (χ2v) is 5.22. The average molecular weight is 323 g/mol. The lowest BCUT2D eigenvalue weighted by Gasteiger charge is -2.17. The Morgan fingerprint density at radius 3 is 2.62 bits per heavy atom. The van der Waals surface area contributed by atoms with E-state index in [-0.39, 0.29) is 16.8 Å². The van der Waals surface area contributed by atoms with Gasteiger partial charge in [-0.3, -0.25) is 0 Å². The predicted octanol–water partition coefficient (Wildman–Crippen LogP) is 3.65. The molecule has 0 unspecified atom stereocenters. The molecule has 0 heterocycles. The molecular weight excluding hydrogens is 308 g/mol. The summed E-state index contributed by atoms with van der Waals surface area (Å²) < 4.78 is 1.15. The molecule has 6 heteroatoms. The zero-order valence-corrected chi connectivity index (χ0v) is 12.8. The Kier molecular flexibility index (Phi) is 5.36. The number of thiol groups is 1. The van der Waals surface area contributed by atoms with Crippen molar-refractivity contribution in [1.82, 2.24) is 5.32 Å². The molecule has 0 aromatic heterocycles. The third kappa shape index (κ3) is 4.31. The van der Waals surface area contributed by atoms with E-state index in [9.17, 15) is 9.90 Å². The lowest BCUT2D eigenvalue weighted by atomic mass is 10.1. The van der Waals surface area contributed by atoms with Gasteiger partial charge in [0.05, 0.1) is 10.7 Å². The van der Waals surface area contributed by atoms with Gasteiger partial charge < -0.3 is 10.4 Å². The van der Waals surface area contributed by atoms with E-state index in [1.165, 1.54) is 12.1 Å². The van der Waals surface area contributed by atoms with Crippen molar-refractivity contribution in [1.29, 1.82) is 0 Å². The van der Waals surface area contributed by atoms with Gasteiger partial charge in [0, 0.05) is 6.54 Å². The topological polar surface area (TPSA) is 52.6 Å². The van der Waals surface area contributed by atoms with Gasteiger partial charge in [-0.1, -0.05) is 54.7 Å². The monoisotopic (exact) mass is 322 g/mol. The lowest BCUT2D eigenvalue weighted by molar-refractivity contribution is 0.250. The Morgan fingerprint density at radius 2 is 1.95 bits per heavy atom. The molecule has 2 amide bonds. The van der Waals surface area contributed by atoms with Gasteiger partial charge in [-0.25, -0.2) is 9.10 Å². The van der Waals surface area contributed by atoms with Crippen LogP contribution < -0.4 is 9.62 Å². The maximum absolute atomic E-state index is 12.0. The third-order valence-corrected chi connectivity index (χ3v) is 3.62. The van der Waals surface area contributed by atoms with Crippen LogP contribution in [0.1, 0.15) is 5.56 Å². The molecule has 0 saturated heterocycles. The molecule has 110 valence electrons. The van der Waals surface area contributed by atoms with E-state index in [4.69, 9.17) is 11.6 Å². The lowest BCUT2D eigenvalue weighted by Crippen LogP contribution is -2.35. The molecule has 0 aliphatic carbocycles.